The molecule has 0 unspecified atom stereocenters. The van der Waals surface area contributed by atoms with E-state index < -0.39 is 5.97 Å². The number of amides is 2. The van der Waals surface area contributed by atoms with Crippen LogP contribution >= 0.6 is 11.8 Å². The van der Waals surface area contributed by atoms with Crippen LogP contribution in [0.4, 0.5) is 10.5 Å². The van der Waals surface area contributed by atoms with Crippen LogP contribution in [0.2, 0.25) is 0 Å². The highest BCUT2D eigenvalue weighted by Gasteiger charge is 2.33. The van der Waals surface area contributed by atoms with Gasteiger partial charge in [0, 0.05) is 22.5 Å². The predicted molar refractivity (Wildman–Crippen MR) is 138 cm³/mol. The fourth-order valence-corrected chi connectivity index (χ4v) is 4.92. The van der Waals surface area contributed by atoms with E-state index in [1.54, 1.807) is 36.0 Å². The third-order valence-electron chi connectivity index (χ3n) is 6.19. The van der Waals surface area contributed by atoms with E-state index in [0.29, 0.717) is 17.8 Å². The molecule has 6 nitrogen and oxygen atoms in total. The summed E-state index contributed by atoms with van der Waals surface area (Å²) in [6.45, 7) is 0.426. The first-order valence-electron chi connectivity index (χ1n) is 11.2. The molecule has 1 aromatic heterocycles. The molecule has 1 aliphatic rings. The molecule has 2 heterocycles. The van der Waals surface area contributed by atoms with Crippen LogP contribution in [-0.4, -0.2) is 34.8 Å². The number of urea groups is 1. The molecule has 0 saturated carbocycles. The Hall–Kier alpha value is -3.97. The number of esters is 1. The molecule has 7 heteroatoms. The average molecular weight is 484 g/mol. The third-order valence-corrected chi connectivity index (χ3v) is 6.93. The molecule has 35 heavy (non-hydrogen) atoms. The van der Waals surface area contributed by atoms with Crippen LogP contribution in [0, 0.1) is 0 Å². The van der Waals surface area contributed by atoms with Crippen molar-refractivity contribution in [3.63, 3.8) is 0 Å². The van der Waals surface area contributed by atoms with Gasteiger partial charge in [-0.1, -0.05) is 36.4 Å². The smallest absolute Gasteiger partial charge is 0.337 e. The molecule has 176 valence electrons. The minimum atomic E-state index is -0.450. The predicted octanol–water partition coefficient (Wildman–Crippen LogP) is 6.12. The van der Waals surface area contributed by atoms with Crippen LogP contribution in [0.1, 0.15) is 33.2 Å². The van der Waals surface area contributed by atoms with Gasteiger partial charge < -0.3 is 19.5 Å². The number of methoxy groups -OCH3 is 1. The van der Waals surface area contributed by atoms with Gasteiger partial charge in [-0.25, -0.2) is 9.59 Å². The van der Waals surface area contributed by atoms with Gasteiger partial charge in [0.2, 0.25) is 0 Å². The SMILES string of the molecule is COC(=O)c1cccc(NC(=O)N2Cc3ccccc3-n3cccc3[C@@H]2c2ccc(SC)cc2)c1. The van der Waals surface area contributed by atoms with Crippen LogP contribution < -0.4 is 5.32 Å². The highest BCUT2D eigenvalue weighted by molar-refractivity contribution is 7.98. The molecule has 2 amide bonds. The monoisotopic (exact) mass is 483 g/mol. The summed E-state index contributed by atoms with van der Waals surface area (Å²) in [5, 5.41) is 3.00. The lowest BCUT2D eigenvalue weighted by Gasteiger charge is -2.31. The van der Waals surface area contributed by atoms with Crippen molar-refractivity contribution >= 4 is 29.4 Å². The average Bonchev–Trinajstić information content (AvgIpc) is 3.32. The first-order valence-corrected chi connectivity index (χ1v) is 12.5. The Morgan fingerprint density at radius 1 is 0.971 bits per heavy atom. The van der Waals surface area contributed by atoms with E-state index in [9.17, 15) is 9.59 Å². The number of ether oxygens (including phenoxy) is 1. The summed E-state index contributed by atoms with van der Waals surface area (Å²) in [4.78, 5) is 28.8. The number of rotatable bonds is 4. The van der Waals surface area contributed by atoms with Crippen molar-refractivity contribution in [3.05, 3.63) is 114 Å². The molecule has 0 spiro atoms. The van der Waals surface area contributed by atoms with Crippen molar-refractivity contribution in [2.24, 2.45) is 0 Å². The summed E-state index contributed by atoms with van der Waals surface area (Å²) in [5.41, 5.74) is 5.04. The fraction of sp³-hybridized carbons (Fsp3) is 0.143. The molecule has 0 bridgehead atoms. The number of fused-ring (bicyclic) bond motifs is 3. The number of thioether (sulfide) groups is 1. The van der Waals surface area contributed by atoms with Gasteiger partial charge in [0.05, 0.1) is 30.9 Å². The largest absolute Gasteiger partial charge is 0.465 e. The topological polar surface area (TPSA) is 63.6 Å². The lowest BCUT2D eigenvalue weighted by atomic mass is 10.0. The fourth-order valence-electron chi connectivity index (χ4n) is 4.51. The second kappa shape index (κ2) is 9.72. The minimum absolute atomic E-state index is 0.254. The molecule has 0 saturated heterocycles. The Morgan fingerprint density at radius 3 is 2.54 bits per heavy atom. The molecule has 1 atom stereocenters. The maximum Gasteiger partial charge on any atom is 0.337 e. The molecule has 1 aliphatic heterocycles. The molecule has 0 aliphatic carbocycles. The molecular formula is C28H25N3O3S. The zero-order chi connectivity index (χ0) is 24.4. The number of aromatic nitrogens is 1. The van der Waals surface area contributed by atoms with Gasteiger partial charge in [0.1, 0.15) is 0 Å². The number of carbonyl (C=O) groups is 2. The van der Waals surface area contributed by atoms with Crippen molar-refractivity contribution in [2.75, 3.05) is 18.7 Å². The maximum absolute atomic E-state index is 13.8. The molecule has 0 radical (unpaired) electrons. The quantitative estimate of drug-likeness (QED) is 0.280. The molecule has 1 N–H and O–H groups in total. The van der Waals surface area contributed by atoms with Crippen molar-refractivity contribution < 1.29 is 14.3 Å². The number of anilines is 1. The summed E-state index contributed by atoms with van der Waals surface area (Å²) >= 11 is 1.68. The lowest BCUT2D eigenvalue weighted by molar-refractivity contribution is 0.0600. The summed E-state index contributed by atoms with van der Waals surface area (Å²) in [6, 6.07) is 26.8. The van der Waals surface area contributed by atoms with Gasteiger partial charge in [0.25, 0.3) is 0 Å². The van der Waals surface area contributed by atoms with Crippen LogP contribution in [0.15, 0.2) is 96.0 Å². The standard InChI is InChI=1S/C28H25N3O3S/c1-34-27(32)20-8-5-9-22(17-20)29-28(33)31-18-21-7-3-4-10-24(21)30-16-6-11-25(30)26(31)19-12-14-23(35-2)15-13-19/h3-17,26H,18H2,1-2H3,(H,29,33)/t26-/m0/s1. The van der Waals surface area contributed by atoms with Crippen LogP contribution in [0.5, 0.6) is 0 Å². The van der Waals surface area contributed by atoms with Gasteiger partial charge in [0.15, 0.2) is 0 Å². The molecule has 3 aromatic carbocycles. The van der Waals surface area contributed by atoms with E-state index in [-0.39, 0.29) is 12.1 Å². The van der Waals surface area contributed by atoms with E-state index >= 15 is 0 Å². The van der Waals surface area contributed by atoms with E-state index in [1.165, 1.54) is 7.11 Å². The summed E-state index contributed by atoms with van der Waals surface area (Å²) < 4.78 is 6.99. The number of para-hydroxylation sites is 1. The first-order chi connectivity index (χ1) is 17.1. The zero-order valence-electron chi connectivity index (χ0n) is 19.5. The summed E-state index contributed by atoms with van der Waals surface area (Å²) in [7, 11) is 1.34. The normalized spacial score (nSPS) is 14.5. The van der Waals surface area contributed by atoms with E-state index in [2.05, 4.69) is 52.3 Å². The summed E-state index contributed by atoms with van der Waals surface area (Å²) in [6.07, 6.45) is 4.09. The van der Waals surface area contributed by atoms with Crippen LogP contribution in [-0.2, 0) is 11.3 Å². The number of hydrogen-bond acceptors (Lipinski definition) is 4. The van der Waals surface area contributed by atoms with Crippen molar-refractivity contribution in [2.45, 2.75) is 17.5 Å². The van der Waals surface area contributed by atoms with Crippen LogP contribution in [0.3, 0.4) is 0 Å². The Labute approximate surface area is 208 Å². The minimum Gasteiger partial charge on any atom is -0.465 e. The Bertz CT molecular complexity index is 1380. The van der Waals surface area contributed by atoms with E-state index in [0.717, 1.165) is 27.4 Å². The van der Waals surface area contributed by atoms with Gasteiger partial charge in [-0.05, 0) is 65.9 Å². The molecule has 5 rings (SSSR count). The molecule has 4 aromatic rings. The molecule has 0 fully saturated rings. The van der Waals surface area contributed by atoms with Crippen molar-refractivity contribution in [1.29, 1.82) is 0 Å². The second-order valence-corrected chi connectivity index (χ2v) is 9.12. The second-order valence-electron chi connectivity index (χ2n) is 8.24. The van der Waals surface area contributed by atoms with Gasteiger partial charge in [-0.15, -0.1) is 11.8 Å². The van der Waals surface area contributed by atoms with Crippen molar-refractivity contribution in [1.82, 2.24) is 9.47 Å². The Morgan fingerprint density at radius 2 is 1.77 bits per heavy atom. The summed E-state index contributed by atoms with van der Waals surface area (Å²) in [5.74, 6) is -0.450. The highest BCUT2D eigenvalue weighted by Crippen LogP contribution is 2.37. The number of nitrogens with zero attached hydrogens (tertiary/aromatic N) is 2. The van der Waals surface area contributed by atoms with Crippen molar-refractivity contribution in [3.8, 4) is 5.69 Å². The van der Waals surface area contributed by atoms with Gasteiger partial charge in [-0.2, -0.15) is 0 Å². The van der Waals surface area contributed by atoms with Crippen LogP contribution in [0.25, 0.3) is 5.69 Å². The number of carbonyl (C=O) groups excluding carboxylic acids is 2. The number of benzene rings is 3. The van der Waals surface area contributed by atoms with Gasteiger partial charge in [-0.3, -0.25) is 0 Å². The maximum atomic E-state index is 13.8. The first kappa shape index (κ1) is 22.8. The van der Waals surface area contributed by atoms with E-state index in [1.807, 2.05) is 35.6 Å². The number of hydrogen-bond donors (Lipinski definition) is 1. The zero-order valence-corrected chi connectivity index (χ0v) is 20.3. The third kappa shape index (κ3) is 4.42. The van der Waals surface area contributed by atoms with Gasteiger partial charge >= 0.3 is 12.0 Å². The lowest BCUT2D eigenvalue weighted by Crippen LogP contribution is -2.38. The van der Waals surface area contributed by atoms with E-state index in [4.69, 9.17) is 4.74 Å². The highest BCUT2D eigenvalue weighted by atomic mass is 32.2. The Kier molecular flexibility index (Phi) is 6.33. The Balaban J connectivity index is 1.58. The molecular weight excluding hydrogens is 458 g/mol. The number of nitrogens with one attached hydrogen (secondary N) is 1.